The van der Waals surface area contributed by atoms with E-state index in [4.69, 9.17) is 14.2 Å². The zero-order valence-corrected chi connectivity index (χ0v) is 37.1. The van der Waals surface area contributed by atoms with Crippen LogP contribution in [0.4, 0.5) is 0 Å². The van der Waals surface area contributed by atoms with Crippen LogP contribution in [0.15, 0.2) is 60.8 Å². The minimum atomic E-state index is -0.566. The Morgan fingerprint density at radius 1 is 0.411 bits per heavy atom. The highest BCUT2D eigenvalue weighted by Crippen LogP contribution is 2.14. The van der Waals surface area contributed by atoms with Crippen LogP contribution in [-0.2, 0) is 23.8 Å². The third-order valence-electron chi connectivity index (χ3n) is 10.1. The van der Waals surface area contributed by atoms with Gasteiger partial charge < -0.3 is 14.2 Å². The van der Waals surface area contributed by atoms with Gasteiger partial charge >= 0.3 is 11.9 Å². The molecule has 56 heavy (non-hydrogen) atoms. The number of esters is 2. The molecule has 0 aromatic carbocycles. The normalized spacial score (nSPS) is 12.7. The summed E-state index contributed by atoms with van der Waals surface area (Å²) in [4.78, 5) is 25.2. The molecule has 1 unspecified atom stereocenters. The van der Waals surface area contributed by atoms with E-state index < -0.39 is 6.10 Å². The molecule has 324 valence electrons. The Kier molecular flexibility index (Phi) is 45.0. The molecule has 0 bridgehead atoms. The third-order valence-corrected chi connectivity index (χ3v) is 10.1. The van der Waals surface area contributed by atoms with Crippen molar-refractivity contribution in [2.75, 3.05) is 19.8 Å². The number of carbonyl (C=O) groups excluding carboxylic acids is 2. The SMILES string of the molecule is CC/C=C\C/C=C\C/C=C\C/C=C\CCC(=O)OCC(COCCCCCCCCCCCCCCCC)OC(=O)CCCCCCC/C=C\CCCCCC. The molecule has 1 atom stereocenters. The number of allylic oxidation sites excluding steroid dienone is 10. The molecule has 0 radical (unpaired) electrons. The summed E-state index contributed by atoms with van der Waals surface area (Å²) in [5, 5.41) is 0. The lowest BCUT2D eigenvalue weighted by Gasteiger charge is -2.18. The number of hydrogen-bond acceptors (Lipinski definition) is 5. The van der Waals surface area contributed by atoms with E-state index in [0.717, 1.165) is 64.2 Å². The first-order chi connectivity index (χ1) is 27.6. The monoisotopic (exact) mass is 783 g/mol. The second kappa shape index (κ2) is 47.0. The Morgan fingerprint density at radius 3 is 1.38 bits per heavy atom. The lowest BCUT2D eigenvalue weighted by Crippen LogP contribution is -2.30. The Balaban J connectivity index is 4.35. The van der Waals surface area contributed by atoms with E-state index in [9.17, 15) is 9.59 Å². The summed E-state index contributed by atoms with van der Waals surface area (Å²) < 4.78 is 17.3. The van der Waals surface area contributed by atoms with Gasteiger partial charge in [0.1, 0.15) is 6.61 Å². The number of carbonyl (C=O) groups is 2. The summed E-state index contributed by atoms with van der Waals surface area (Å²) in [5.41, 5.74) is 0. The molecule has 0 aliphatic rings. The molecule has 0 saturated heterocycles. The third kappa shape index (κ3) is 44.3. The topological polar surface area (TPSA) is 61.8 Å². The highest BCUT2D eigenvalue weighted by molar-refractivity contribution is 5.70. The molecule has 0 aromatic rings. The summed E-state index contributed by atoms with van der Waals surface area (Å²) in [6.07, 6.45) is 58.0. The molecule has 0 heterocycles. The van der Waals surface area contributed by atoms with Gasteiger partial charge in [0, 0.05) is 19.4 Å². The molecular formula is C51H90O5. The van der Waals surface area contributed by atoms with Crippen LogP contribution in [0.25, 0.3) is 0 Å². The second-order valence-corrected chi connectivity index (χ2v) is 15.6. The maximum absolute atomic E-state index is 12.7. The van der Waals surface area contributed by atoms with Gasteiger partial charge in [0.2, 0.25) is 0 Å². The fourth-order valence-corrected chi connectivity index (χ4v) is 6.52. The van der Waals surface area contributed by atoms with Crippen LogP contribution >= 0.6 is 0 Å². The van der Waals surface area contributed by atoms with Crippen molar-refractivity contribution in [3.05, 3.63) is 60.8 Å². The number of hydrogen-bond donors (Lipinski definition) is 0. The van der Waals surface area contributed by atoms with Crippen LogP contribution in [0, 0.1) is 0 Å². The Bertz CT molecular complexity index is 977. The van der Waals surface area contributed by atoms with E-state index in [0.29, 0.717) is 25.9 Å². The number of unbranched alkanes of at least 4 members (excludes halogenated alkanes) is 22. The van der Waals surface area contributed by atoms with Crippen molar-refractivity contribution < 1.29 is 23.8 Å². The number of rotatable bonds is 43. The Morgan fingerprint density at radius 2 is 0.839 bits per heavy atom. The average molecular weight is 783 g/mol. The van der Waals surface area contributed by atoms with Crippen LogP contribution in [0.5, 0.6) is 0 Å². The predicted octanol–water partition coefficient (Wildman–Crippen LogP) is 15.8. The molecule has 0 spiro atoms. The molecule has 5 heteroatoms. The summed E-state index contributed by atoms with van der Waals surface area (Å²) >= 11 is 0. The summed E-state index contributed by atoms with van der Waals surface area (Å²) in [5.74, 6) is -0.497. The minimum Gasteiger partial charge on any atom is -0.462 e. The van der Waals surface area contributed by atoms with Crippen LogP contribution in [0.2, 0.25) is 0 Å². The van der Waals surface area contributed by atoms with Crippen molar-refractivity contribution in [2.45, 2.75) is 232 Å². The standard InChI is InChI=1S/C51H90O5/c1-4-7-10-13-16-19-22-25-28-31-34-37-40-43-46-54-47-49(56-51(53)45-42-39-36-33-30-27-24-21-18-15-12-9-6-3)48-55-50(52)44-41-38-35-32-29-26-23-20-17-14-11-8-5-2/h8,11,17,20-21,24,26,29,35,38,49H,4-7,9-10,12-16,18-19,22-23,25,27-28,30-34,36-37,39-48H2,1-3H3/b11-8-,20-17-,24-21-,29-26-,38-35-. The lowest BCUT2D eigenvalue weighted by molar-refractivity contribution is -0.162. The molecule has 0 amide bonds. The quantitative estimate of drug-likeness (QED) is 0.0350. The van der Waals surface area contributed by atoms with Gasteiger partial charge in [-0.1, -0.05) is 204 Å². The van der Waals surface area contributed by atoms with Gasteiger partial charge in [0.05, 0.1) is 6.61 Å². The van der Waals surface area contributed by atoms with Crippen molar-refractivity contribution in [2.24, 2.45) is 0 Å². The van der Waals surface area contributed by atoms with Gasteiger partial charge in [-0.15, -0.1) is 0 Å². The van der Waals surface area contributed by atoms with Gasteiger partial charge in [0.15, 0.2) is 6.10 Å². The van der Waals surface area contributed by atoms with Crippen molar-refractivity contribution in [3.63, 3.8) is 0 Å². The van der Waals surface area contributed by atoms with Crippen molar-refractivity contribution in [3.8, 4) is 0 Å². The second-order valence-electron chi connectivity index (χ2n) is 15.6. The van der Waals surface area contributed by atoms with E-state index in [1.165, 1.54) is 122 Å². The molecule has 0 aliphatic heterocycles. The Hall–Kier alpha value is -2.40. The van der Waals surface area contributed by atoms with E-state index in [-0.39, 0.29) is 25.2 Å². The van der Waals surface area contributed by atoms with E-state index in [1.807, 2.05) is 6.08 Å². The molecule has 0 rings (SSSR count). The van der Waals surface area contributed by atoms with Gasteiger partial charge in [-0.25, -0.2) is 0 Å². The summed E-state index contributed by atoms with van der Waals surface area (Å²) in [7, 11) is 0. The van der Waals surface area contributed by atoms with Crippen molar-refractivity contribution in [1.29, 1.82) is 0 Å². The maximum atomic E-state index is 12.7. The largest absolute Gasteiger partial charge is 0.462 e. The van der Waals surface area contributed by atoms with Crippen LogP contribution in [0.1, 0.15) is 226 Å². The van der Waals surface area contributed by atoms with Gasteiger partial charge in [0.25, 0.3) is 0 Å². The molecule has 0 saturated carbocycles. The zero-order chi connectivity index (χ0) is 40.7. The van der Waals surface area contributed by atoms with Gasteiger partial charge in [-0.2, -0.15) is 0 Å². The fourth-order valence-electron chi connectivity index (χ4n) is 6.52. The first kappa shape index (κ1) is 53.6. The molecule has 0 aromatic heterocycles. The number of ether oxygens (including phenoxy) is 3. The van der Waals surface area contributed by atoms with Crippen molar-refractivity contribution in [1.82, 2.24) is 0 Å². The molecular weight excluding hydrogens is 693 g/mol. The molecule has 0 fully saturated rings. The van der Waals surface area contributed by atoms with E-state index >= 15 is 0 Å². The van der Waals surface area contributed by atoms with Gasteiger partial charge in [-0.3, -0.25) is 9.59 Å². The maximum Gasteiger partial charge on any atom is 0.306 e. The Labute approximate surface area is 347 Å². The first-order valence-corrected chi connectivity index (χ1v) is 23.8. The van der Waals surface area contributed by atoms with E-state index in [2.05, 4.69) is 75.5 Å². The van der Waals surface area contributed by atoms with Crippen LogP contribution in [-0.4, -0.2) is 37.9 Å². The highest BCUT2D eigenvalue weighted by Gasteiger charge is 2.17. The van der Waals surface area contributed by atoms with Crippen LogP contribution < -0.4 is 0 Å². The molecule has 0 N–H and O–H groups in total. The summed E-state index contributed by atoms with van der Waals surface area (Å²) in [6.45, 7) is 7.63. The fraction of sp³-hybridized carbons (Fsp3) is 0.765. The minimum absolute atomic E-state index is 0.0453. The first-order valence-electron chi connectivity index (χ1n) is 23.8. The van der Waals surface area contributed by atoms with Gasteiger partial charge in [-0.05, 0) is 70.6 Å². The van der Waals surface area contributed by atoms with Crippen molar-refractivity contribution >= 4 is 11.9 Å². The average Bonchev–Trinajstić information content (AvgIpc) is 3.20. The smallest absolute Gasteiger partial charge is 0.306 e. The van der Waals surface area contributed by atoms with E-state index in [1.54, 1.807) is 0 Å². The van der Waals surface area contributed by atoms with Crippen LogP contribution in [0.3, 0.4) is 0 Å². The summed E-state index contributed by atoms with van der Waals surface area (Å²) in [6, 6.07) is 0. The molecule has 0 aliphatic carbocycles. The predicted molar refractivity (Wildman–Crippen MR) is 242 cm³/mol. The molecule has 5 nitrogen and oxygen atoms in total. The zero-order valence-electron chi connectivity index (χ0n) is 37.1. The highest BCUT2D eigenvalue weighted by atomic mass is 16.6. The lowest BCUT2D eigenvalue weighted by atomic mass is 10.0.